The first-order chi connectivity index (χ1) is 29.3. The van der Waals surface area contributed by atoms with Gasteiger partial charge < -0.3 is 29.6 Å². The van der Waals surface area contributed by atoms with E-state index in [-0.39, 0.29) is 0 Å². The second kappa shape index (κ2) is 14.2. The van der Waals surface area contributed by atoms with Gasteiger partial charge in [-0.1, -0.05) is 48.6 Å². The molecule has 8 heteroatoms. The Bertz CT molecular complexity index is 2870. The highest BCUT2D eigenvalue weighted by atomic mass is 15.1. The molecule has 2 aromatic carbocycles. The third kappa shape index (κ3) is 6.14. The van der Waals surface area contributed by atoms with Crippen LogP contribution in [-0.4, -0.2) is 84.1 Å². The zero-order valence-electron chi connectivity index (χ0n) is 34.4. The molecule has 0 unspecified atom stereocenters. The lowest BCUT2D eigenvalue weighted by molar-refractivity contribution is 0.512. The van der Waals surface area contributed by atoms with Crippen LogP contribution in [0.4, 0.5) is 11.4 Å². The molecule has 8 nitrogen and oxygen atoms in total. The number of H-pyrrole nitrogens is 2. The van der Waals surface area contributed by atoms with Crippen molar-refractivity contribution < 1.29 is 0 Å². The van der Waals surface area contributed by atoms with Gasteiger partial charge in [0.05, 0.1) is 22.8 Å². The summed E-state index contributed by atoms with van der Waals surface area (Å²) in [5.74, 6) is 0. The van der Waals surface area contributed by atoms with Gasteiger partial charge in [0.25, 0.3) is 0 Å². The van der Waals surface area contributed by atoms with Gasteiger partial charge in [0.1, 0.15) is 0 Å². The summed E-state index contributed by atoms with van der Waals surface area (Å²) in [6.45, 7) is 3.03. The summed E-state index contributed by atoms with van der Waals surface area (Å²) >= 11 is 0. The van der Waals surface area contributed by atoms with Crippen LogP contribution >= 0.6 is 0 Å². The van der Waals surface area contributed by atoms with E-state index < -0.39 is 0 Å². The van der Waals surface area contributed by atoms with E-state index in [0.717, 1.165) is 93.3 Å². The molecule has 294 valence electrons. The lowest BCUT2D eigenvalue weighted by Crippen LogP contribution is -2.23. The number of nitrogens with zero attached hydrogens (tertiary/aromatic N) is 6. The Hall–Kier alpha value is -7.32. The lowest BCUT2D eigenvalue weighted by Gasteiger charge is -2.28. The molecule has 5 aromatic rings. The molecule has 0 saturated heterocycles. The van der Waals surface area contributed by atoms with Crippen LogP contribution in [0, 0.1) is 0 Å². The highest BCUT2D eigenvalue weighted by Gasteiger charge is 2.25. The smallest absolute Gasteiger partial charge is 0.0734 e. The van der Waals surface area contributed by atoms with Crippen molar-refractivity contribution in [2.24, 2.45) is 0 Å². The molecular weight excluding hydrogens is 737 g/mol. The lowest BCUT2D eigenvalue weighted by atomic mass is 9.96. The second-order valence-electron chi connectivity index (χ2n) is 16.6. The standard InChI is InChI=1S/C52H46N8/c1-57-25-9-13-35(29-57)49-39-17-18-40(53-39)50(36-14-10-26-58(2)30-36)42-20-22-44(55-42)52(38-28-34-12-6-8-16-48(34)60(4)32-38)46-24-23-45(56-46)51(43-21-19-41(49)54-43)37-27-33-11-5-7-15-47(33)59(3)31-37/h5-28,54-55H,29-32H2,1-4H3. The van der Waals surface area contributed by atoms with Crippen LogP contribution in [-0.2, 0) is 0 Å². The quantitative estimate of drug-likeness (QED) is 0.185. The molecular formula is C52H46N8. The molecule has 2 N–H and O–H groups in total. The Morgan fingerprint density at radius 2 is 0.800 bits per heavy atom. The van der Waals surface area contributed by atoms with E-state index in [1.165, 1.54) is 44.8 Å². The second-order valence-corrected chi connectivity index (χ2v) is 16.6. The maximum atomic E-state index is 5.62. The first-order valence-corrected chi connectivity index (χ1v) is 20.7. The third-order valence-electron chi connectivity index (χ3n) is 12.3. The summed E-state index contributed by atoms with van der Waals surface area (Å²) in [7, 11) is 8.60. The van der Waals surface area contributed by atoms with Crippen molar-refractivity contribution in [3.8, 4) is 0 Å². The molecule has 0 fully saturated rings. The maximum Gasteiger partial charge on any atom is 0.0734 e. The molecule has 60 heavy (non-hydrogen) atoms. The summed E-state index contributed by atoms with van der Waals surface area (Å²) in [6.07, 6.45) is 26.5. The molecule has 9 heterocycles. The number of rotatable bonds is 4. The van der Waals surface area contributed by atoms with E-state index in [0.29, 0.717) is 0 Å². The minimum atomic E-state index is 0.746. The number of hydrogen-bond donors (Lipinski definition) is 2. The zero-order chi connectivity index (χ0) is 40.5. The fourth-order valence-electron chi connectivity index (χ4n) is 9.61. The van der Waals surface area contributed by atoms with Crippen molar-refractivity contribution in [2.45, 2.75) is 0 Å². The Balaban J connectivity index is 1.27. The minimum Gasteiger partial charge on any atom is -0.376 e. The first-order valence-electron chi connectivity index (χ1n) is 20.7. The van der Waals surface area contributed by atoms with E-state index in [9.17, 15) is 0 Å². The van der Waals surface area contributed by atoms with E-state index in [1.807, 2.05) is 0 Å². The van der Waals surface area contributed by atoms with Gasteiger partial charge in [-0.25, -0.2) is 9.97 Å². The summed E-state index contributed by atoms with van der Waals surface area (Å²) in [6, 6.07) is 26.2. The Labute approximate surface area is 350 Å². The van der Waals surface area contributed by atoms with Gasteiger partial charge in [-0.2, -0.15) is 0 Å². The molecule has 0 spiro atoms. The summed E-state index contributed by atoms with van der Waals surface area (Å²) in [5.41, 5.74) is 21.9. The van der Waals surface area contributed by atoms with Crippen LogP contribution in [0.1, 0.15) is 56.2 Å². The van der Waals surface area contributed by atoms with Gasteiger partial charge in [-0.3, -0.25) is 0 Å². The van der Waals surface area contributed by atoms with Crippen molar-refractivity contribution in [3.63, 3.8) is 0 Å². The summed E-state index contributed by atoms with van der Waals surface area (Å²) in [4.78, 5) is 28.2. The zero-order valence-corrected chi connectivity index (χ0v) is 34.4. The predicted molar refractivity (Wildman–Crippen MR) is 254 cm³/mol. The summed E-state index contributed by atoms with van der Waals surface area (Å²) < 4.78 is 0. The van der Waals surface area contributed by atoms with Crippen LogP contribution in [0.15, 0.2) is 110 Å². The first kappa shape index (κ1) is 35.8. The molecule has 0 atom stereocenters. The van der Waals surface area contributed by atoms with Gasteiger partial charge >= 0.3 is 0 Å². The van der Waals surface area contributed by atoms with Crippen LogP contribution in [0.5, 0.6) is 0 Å². The number of aromatic nitrogens is 4. The molecule has 11 rings (SSSR count). The third-order valence-corrected chi connectivity index (χ3v) is 12.3. The van der Waals surface area contributed by atoms with E-state index >= 15 is 0 Å². The maximum absolute atomic E-state index is 5.62. The van der Waals surface area contributed by atoms with Crippen molar-refractivity contribution in [3.05, 3.63) is 166 Å². The van der Waals surface area contributed by atoms with Gasteiger partial charge in [0, 0.05) is 110 Å². The predicted octanol–water partition coefficient (Wildman–Crippen LogP) is 10.3. The van der Waals surface area contributed by atoms with Crippen molar-refractivity contribution in [1.82, 2.24) is 29.7 Å². The Morgan fingerprint density at radius 3 is 1.18 bits per heavy atom. The summed E-state index contributed by atoms with van der Waals surface area (Å²) in [5, 5.41) is 0. The van der Waals surface area contributed by atoms with E-state index in [4.69, 9.17) is 9.97 Å². The fraction of sp³-hybridized carbons (Fsp3) is 0.154. The topological polar surface area (TPSA) is 70.3 Å². The normalized spacial score (nSPS) is 16.7. The van der Waals surface area contributed by atoms with Crippen molar-refractivity contribution >= 4 is 92.2 Å². The van der Waals surface area contributed by atoms with Crippen molar-refractivity contribution in [2.75, 3.05) is 64.2 Å². The molecule has 6 aliphatic rings. The number of nitrogens with one attached hydrogen (secondary N) is 2. The highest BCUT2D eigenvalue weighted by molar-refractivity contribution is 6.03. The van der Waals surface area contributed by atoms with E-state index in [2.05, 4.69) is 204 Å². The molecule has 6 aliphatic heterocycles. The molecule has 3 aromatic heterocycles. The molecule has 0 saturated carbocycles. The average Bonchev–Trinajstić information content (AvgIpc) is 4.09. The fourth-order valence-corrected chi connectivity index (χ4v) is 9.61. The largest absolute Gasteiger partial charge is 0.376 e. The van der Waals surface area contributed by atoms with Crippen LogP contribution < -0.4 is 9.80 Å². The van der Waals surface area contributed by atoms with Gasteiger partial charge in [-0.15, -0.1) is 0 Å². The number of fused-ring (bicyclic) bond motifs is 10. The van der Waals surface area contributed by atoms with Gasteiger partial charge in [-0.05, 0) is 131 Å². The number of hydrogen-bond acceptors (Lipinski definition) is 6. The number of likely N-dealkylation sites (N-methyl/N-ethyl adjacent to an activating group) is 4. The molecule has 0 aliphatic carbocycles. The monoisotopic (exact) mass is 782 g/mol. The molecule has 8 bridgehead atoms. The van der Waals surface area contributed by atoms with Crippen molar-refractivity contribution in [1.29, 1.82) is 0 Å². The van der Waals surface area contributed by atoms with Crippen LogP contribution in [0.25, 0.3) is 80.8 Å². The minimum absolute atomic E-state index is 0.746. The van der Waals surface area contributed by atoms with Gasteiger partial charge in [0.15, 0.2) is 0 Å². The Morgan fingerprint density at radius 1 is 0.433 bits per heavy atom. The number of allylic oxidation sites excluding steroid dienone is 4. The highest BCUT2D eigenvalue weighted by Crippen LogP contribution is 2.40. The Kier molecular flexibility index (Phi) is 8.48. The SMILES string of the molecule is CN1C=CC=C(c2c3nc(c(C4=CC=CN(C)C4)c4ccc([nH]4)c(C4=Cc5ccccc5N(C)C4)c4nc(c(C5=Cc6ccccc6N(C)C5)c5ccc2[nH]5)C=C4)C=C3)C1. The van der Waals surface area contributed by atoms with Crippen LogP contribution in [0.3, 0.4) is 0 Å². The van der Waals surface area contributed by atoms with Crippen LogP contribution in [0.2, 0.25) is 0 Å². The molecule has 0 amide bonds. The number of aromatic amines is 2. The number of benzene rings is 2. The van der Waals surface area contributed by atoms with E-state index in [1.54, 1.807) is 0 Å². The van der Waals surface area contributed by atoms with Gasteiger partial charge in [0.2, 0.25) is 0 Å². The number of anilines is 2. The average molecular weight is 783 g/mol. The number of para-hydroxylation sites is 2. The molecule has 0 radical (unpaired) electrons.